The average molecular weight is 302 g/mol. The second kappa shape index (κ2) is 5.25. The Morgan fingerprint density at radius 2 is 1.74 bits per heavy atom. The van der Waals surface area contributed by atoms with Crippen LogP contribution >= 0.6 is 0 Å². The van der Waals surface area contributed by atoms with Crippen molar-refractivity contribution in [3.8, 4) is 5.95 Å². The minimum Gasteiger partial charge on any atom is -0.479 e. The minimum atomic E-state index is -0.174. The highest BCUT2D eigenvalue weighted by atomic mass is 16.5. The summed E-state index contributed by atoms with van der Waals surface area (Å²) in [6.45, 7) is 1.70. The van der Waals surface area contributed by atoms with Crippen LogP contribution in [0.2, 0.25) is 0 Å². The zero-order valence-corrected chi connectivity index (χ0v) is 12.5. The highest BCUT2D eigenvalue weighted by molar-refractivity contribution is 6.38. The Bertz CT molecular complexity index is 937. The zero-order chi connectivity index (χ0) is 15.8. The molecule has 0 amide bonds. The Kier molecular flexibility index (Phi) is 3.08. The largest absolute Gasteiger partial charge is 0.479 e. The Morgan fingerprint density at radius 3 is 2.48 bits per heavy atom. The molecule has 0 spiro atoms. The Balaban J connectivity index is 1.91. The molecule has 2 heterocycles. The fourth-order valence-electron chi connectivity index (χ4n) is 2.73. The lowest BCUT2D eigenvalue weighted by Crippen LogP contribution is -1.99. The molecule has 4 nitrogen and oxygen atoms in total. The lowest BCUT2D eigenvalue weighted by Gasteiger charge is -2.05. The summed E-state index contributed by atoms with van der Waals surface area (Å²) in [5, 5.41) is 9.88. The van der Waals surface area contributed by atoms with Crippen molar-refractivity contribution < 1.29 is 9.52 Å². The average Bonchev–Trinajstić information content (AvgIpc) is 3.09. The van der Waals surface area contributed by atoms with Gasteiger partial charge in [0, 0.05) is 23.6 Å². The number of aromatic hydroxyl groups is 1. The maximum Gasteiger partial charge on any atom is 0.310 e. The van der Waals surface area contributed by atoms with E-state index in [9.17, 15) is 5.11 Å². The molecule has 0 radical (unpaired) electrons. The number of para-hydroxylation sites is 1. The molecule has 0 aliphatic carbocycles. The van der Waals surface area contributed by atoms with Gasteiger partial charge in [0.25, 0.3) is 0 Å². The fraction of sp³-hybridized carbons (Fsp3) is 0.0526. The van der Waals surface area contributed by atoms with Gasteiger partial charge in [0.15, 0.2) is 5.89 Å². The first kappa shape index (κ1) is 13.5. The van der Waals surface area contributed by atoms with Gasteiger partial charge in [0.2, 0.25) is 0 Å². The molecular weight excluding hydrogens is 288 g/mol. The number of hydrogen-bond donors (Lipinski definition) is 1. The minimum absolute atomic E-state index is 0.174. The van der Waals surface area contributed by atoms with Crippen molar-refractivity contribution in [1.82, 2.24) is 4.98 Å². The van der Waals surface area contributed by atoms with Gasteiger partial charge in [-0.2, -0.15) is 0 Å². The van der Waals surface area contributed by atoms with Crippen molar-refractivity contribution in [3.05, 3.63) is 77.3 Å². The highest BCUT2D eigenvalue weighted by Crippen LogP contribution is 2.38. The van der Waals surface area contributed by atoms with Crippen molar-refractivity contribution in [2.75, 3.05) is 0 Å². The lowest BCUT2D eigenvalue weighted by molar-refractivity contribution is 0.322. The summed E-state index contributed by atoms with van der Waals surface area (Å²) in [7, 11) is 0. The smallest absolute Gasteiger partial charge is 0.310 e. The maximum absolute atomic E-state index is 9.88. The summed E-state index contributed by atoms with van der Waals surface area (Å²) < 4.78 is 5.11. The number of hydrogen-bond acceptors (Lipinski definition) is 4. The predicted molar refractivity (Wildman–Crippen MR) is 89.9 cm³/mol. The van der Waals surface area contributed by atoms with Gasteiger partial charge in [-0.1, -0.05) is 48.5 Å². The topological polar surface area (TPSA) is 58.6 Å². The van der Waals surface area contributed by atoms with Crippen LogP contribution in [0.15, 0.2) is 64.0 Å². The van der Waals surface area contributed by atoms with Gasteiger partial charge in [-0.25, -0.2) is 9.98 Å². The molecular formula is C19H14N2O2. The first-order chi connectivity index (χ1) is 11.2. The molecule has 0 saturated carbocycles. The van der Waals surface area contributed by atoms with Crippen molar-refractivity contribution in [1.29, 1.82) is 0 Å². The molecule has 0 fully saturated rings. The zero-order valence-electron chi connectivity index (χ0n) is 12.5. The van der Waals surface area contributed by atoms with Gasteiger partial charge >= 0.3 is 5.95 Å². The van der Waals surface area contributed by atoms with E-state index in [2.05, 4.69) is 4.98 Å². The van der Waals surface area contributed by atoms with Crippen molar-refractivity contribution in [2.24, 2.45) is 4.99 Å². The van der Waals surface area contributed by atoms with Crippen molar-refractivity contribution in [2.45, 2.75) is 6.92 Å². The number of fused-ring (bicyclic) bond motifs is 1. The number of aryl methyl sites for hydroxylation is 1. The molecule has 4 rings (SSSR count). The highest BCUT2D eigenvalue weighted by Gasteiger charge is 2.23. The van der Waals surface area contributed by atoms with Gasteiger partial charge in [-0.15, -0.1) is 0 Å². The van der Waals surface area contributed by atoms with Crippen LogP contribution in [0.25, 0.3) is 11.6 Å². The van der Waals surface area contributed by atoms with Crippen LogP contribution in [0.1, 0.15) is 22.7 Å². The van der Waals surface area contributed by atoms with Crippen LogP contribution in [0.3, 0.4) is 0 Å². The molecule has 2 aromatic carbocycles. The van der Waals surface area contributed by atoms with Crippen LogP contribution in [-0.4, -0.2) is 15.8 Å². The number of aliphatic imine (C=N–C) groups is 1. The van der Waals surface area contributed by atoms with E-state index in [4.69, 9.17) is 9.41 Å². The Morgan fingerprint density at radius 1 is 1.00 bits per heavy atom. The molecule has 3 aromatic rings. The molecule has 4 heteroatoms. The number of aromatic nitrogens is 1. The summed E-state index contributed by atoms with van der Waals surface area (Å²) in [6.07, 6.45) is 1.82. The second-order valence-corrected chi connectivity index (χ2v) is 5.32. The number of oxazole rings is 1. The third-order valence-corrected chi connectivity index (χ3v) is 3.75. The molecule has 1 aliphatic rings. The van der Waals surface area contributed by atoms with Crippen molar-refractivity contribution >= 4 is 23.0 Å². The van der Waals surface area contributed by atoms with Gasteiger partial charge < -0.3 is 9.52 Å². The van der Waals surface area contributed by atoms with E-state index < -0.39 is 0 Å². The summed E-state index contributed by atoms with van der Waals surface area (Å²) in [5.41, 5.74) is 5.17. The SMILES string of the molecule is Cc1nc(C=C2C(c3ccccc3)=Nc3ccccc32)c(O)o1. The molecule has 0 atom stereocenters. The molecule has 0 saturated heterocycles. The van der Waals surface area contributed by atoms with E-state index in [1.165, 1.54) is 0 Å². The lowest BCUT2D eigenvalue weighted by atomic mass is 9.97. The predicted octanol–water partition coefficient (Wildman–Crippen LogP) is 4.36. The third-order valence-electron chi connectivity index (χ3n) is 3.75. The molecule has 1 N–H and O–H groups in total. The number of nitrogens with zero attached hydrogens (tertiary/aromatic N) is 2. The van der Waals surface area contributed by atoms with E-state index in [-0.39, 0.29) is 5.95 Å². The summed E-state index contributed by atoms with van der Waals surface area (Å²) in [4.78, 5) is 8.97. The molecule has 23 heavy (non-hydrogen) atoms. The molecule has 1 aliphatic heterocycles. The monoisotopic (exact) mass is 302 g/mol. The molecule has 112 valence electrons. The maximum atomic E-state index is 9.88. The first-order valence-electron chi connectivity index (χ1n) is 7.34. The Hall–Kier alpha value is -3.14. The van der Waals surface area contributed by atoms with Crippen LogP contribution in [-0.2, 0) is 0 Å². The van der Waals surface area contributed by atoms with E-state index >= 15 is 0 Å². The van der Waals surface area contributed by atoms with Crippen LogP contribution in [0.5, 0.6) is 5.95 Å². The molecule has 0 unspecified atom stereocenters. The van der Waals surface area contributed by atoms with E-state index in [0.29, 0.717) is 11.6 Å². The number of benzene rings is 2. The van der Waals surface area contributed by atoms with E-state index in [1.807, 2.05) is 60.7 Å². The number of allylic oxidation sites excluding steroid dienone is 1. The Labute approximate surface area is 133 Å². The van der Waals surface area contributed by atoms with Crippen LogP contribution < -0.4 is 0 Å². The van der Waals surface area contributed by atoms with Crippen LogP contribution in [0.4, 0.5) is 5.69 Å². The summed E-state index contributed by atoms with van der Waals surface area (Å²) in [5.74, 6) is 0.255. The third kappa shape index (κ3) is 2.34. The van der Waals surface area contributed by atoms with E-state index in [0.717, 1.165) is 28.1 Å². The standard InChI is InChI=1S/C19H14N2O2/c1-12-20-17(19(22)23-12)11-15-14-9-5-6-10-16(14)21-18(15)13-7-3-2-4-8-13/h2-11,22H,1H3. The number of rotatable bonds is 2. The van der Waals surface area contributed by atoms with Crippen molar-refractivity contribution in [3.63, 3.8) is 0 Å². The van der Waals surface area contributed by atoms with Gasteiger partial charge in [0.05, 0.1) is 11.4 Å². The van der Waals surface area contributed by atoms with Gasteiger partial charge in [0.1, 0.15) is 5.69 Å². The van der Waals surface area contributed by atoms with E-state index in [1.54, 1.807) is 6.92 Å². The second-order valence-electron chi connectivity index (χ2n) is 5.32. The van der Waals surface area contributed by atoms with Gasteiger partial charge in [-0.05, 0) is 12.1 Å². The molecule has 1 aromatic heterocycles. The fourth-order valence-corrected chi connectivity index (χ4v) is 2.73. The molecule has 0 bridgehead atoms. The quantitative estimate of drug-likeness (QED) is 0.765. The van der Waals surface area contributed by atoms with Gasteiger partial charge in [-0.3, -0.25) is 0 Å². The summed E-state index contributed by atoms with van der Waals surface area (Å²) in [6, 6.07) is 17.9. The summed E-state index contributed by atoms with van der Waals surface area (Å²) >= 11 is 0. The normalized spacial score (nSPS) is 14.8. The first-order valence-corrected chi connectivity index (χ1v) is 7.34. The van der Waals surface area contributed by atoms with Crippen LogP contribution in [0, 0.1) is 6.92 Å².